The number of aromatic amines is 1. The summed E-state index contributed by atoms with van der Waals surface area (Å²) < 4.78 is 0. The molecule has 0 radical (unpaired) electrons. The van der Waals surface area contributed by atoms with Crippen molar-refractivity contribution in [2.24, 2.45) is 0 Å². The van der Waals surface area contributed by atoms with Gasteiger partial charge < -0.3 is 0 Å². The van der Waals surface area contributed by atoms with Gasteiger partial charge >= 0.3 is 0 Å². The normalized spacial score (nSPS) is 16.1. The third kappa shape index (κ3) is 1.07. The molecule has 1 aliphatic carbocycles. The van der Waals surface area contributed by atoms with Gasteiger partial charge in [0.25, 0.3) is 0 Å². The fraction of sp³-hybridized carbons (Fsp3) is 0.250. The third-order valence-corrected chi connectivity index (χ3v) is 2.82. The lowest BCUT2D eigenvalue weighted by Gasteiger charge is -1.96. The van der Waals surface area contributed by atoms with Crippen LogP contribution in [0.4, 0.5) is 0 Å². The highest BCUT2D eigenvalue weighted by atomic mass is 15.1. The lowest BCUT2D eigenvalue weighted by Crippen LogP contribution is -1.81. The van der Waals surface area contributed by atoms with Crippen LogP contribution >= 0.6 is 0 Å². The predicted octanol–water partition coefficient (Wildman–Crippen LogP) is 3.13. The quantitative estimate of drug-likeness (QED) is 0.724. The number of nitrogens with one attached hydrogen (secondary N) is 1. The van der Waals surface area contributed by atoms with Gasteiger partial charge in [-0.3, -0.25) is 5.10 Å². The average molecular weight is 184 g/mol. The second-order valence-corrected chi connectivity index (χ2v) is 3.74. The number of aromatic nitrogens is 2. The van der Waals surface area contributed by atoms with Crippen LogP contribution in [0.2, 0.25) is 0 Å². The maximum atomic E-state index is 4.38. The molecule has 70 valence electrons. The van der Waals surface area contributed by atoms with Crippen molar-refractivity contribution in [1.82, 2.24) is 10.2 Å². The van der Waals surface area contributed by atoms with Crippen LogP contribution in [0.5, 0.6) is 0 Å². The first-order valence-corrected chi connectivity index (χ1v) is 5.08. The first kappa shape index (κ1) is 7.80. The first-order chi connectivity index (χ1) is 6.95. The van der Waals surface area contributed by atoms with Crippen molar-refractivity contribution in [1.29, 1.82) is 0 Å². The highest BCUT2D eigenvalue weighted by Gasteiger charge is 2.12. The molecule has 2 aromatic rings. The lowest BCUT2D eigenvalue weighted by atomic mass is 10.1. The fourth-order valence-electron chi connectivity index (χ4n) is 2.09. The van der Waals surface area contributed by atoms with Crippen LogP contribution in [-0.4, -0.2) is 10.2 Å². The summed E-state index contributed by atoms with van der Waals surface area (Å²) in [5, 5.41) is 8.71. The standard InChI is InChI=1S/C12H12N2/c1-2-6-9(5-1)12-10-7-3-4-8-11(10)13-14-12/h3-5,7-8H,1-2,6H2,(H,13,14). The largest absolute Gasteiger partial charge is 0.277 e. The Morgan fingerprint density at radius 3 is 3.00 bits per heavy atom. The molecular weight excluding hydrogens is 172 g/mol. The van der Waals surface area contributed by atoms with Crippen LogP contribution < -0.4 is 0 Å². The Kier molecular flexibility index (Phi) is 1.66. The molecule has 0 bridgehead atoms. The molecule has 0 saturated heterocycles. The van der Waals surface area contributed by atoms with Crippen molar-refractivity contribution in [3.63, 3.8) is 0 Å². The second kappa shape index (κ2) is 2.98. The number of allylic oxidation sites excluding steroid dienone is 2. The van der Waals surface area contributed by atoms with Gasteiger partial charge in [-0.05, 0) is 30.9 Å². The van der Waals surface area contributed by atoms with E-state index in [-0.39, 0.29) is 0 Å². The van der Waals surface area contributed by atoms with E-state index in [1.165, 1.54) is 30.2 Å². The Morgan fingerprint density at radius 2 is 2.14 bits per heavy atom. The van der Waals surface area contributed by atoms with Gasteiger partial charge in [0, 0.05) is 5.39 Å². The second-order valence-electron chi connectivity index (χ2n) is 3.74. The summed E-state index contributed by atoms with van der Waals surface area (Å²) in [6, 6.07) is 8.30. The molecule has 1 aromatic heterocycles. The Balaban J connectivity index is 2.21. The van der Waals surface area contributed by atoms with Gasteiger partial charge in [-0.25, -0.2) is 0 Å². The Hall–Kier alpha value is -1.57. The zero-order chi connectivity index (χ0) is 9.38. The molecule has 0 saturated carbocycles. The molecule has 1 aromatic carbocycles. The van der Waals surface area contributed by atoms with Crippen molar-refractivity contribution in [3.8, 4) is 0 Å². The SMILES string of the molecule is C1=C(c2n[nH]c3ccccc23)CCC1. The number of rotatable bonds is 1. The van der Waals surface area contributed by atoms with Crippen molar-refractivity contribution in [3.05, 3.63) is 36.0 Å². The lowest BCUT2D eigenvalue weighted by molar-refractivity contribution is 0.931. The van der Waals surface area contributed by atoms with Crippen molar-refractivity contribution < 1.29 is 0 Å². The molecule has 0 spiro atoms. The molecule has 3 rings (SSSR count). The number of H-pyrrole nitrogens is 1. The van der Waals surface area contributed by atoms with Crippen LogP contribution in [-0.2, 0) is 0 Å². The molecule has 14 heavy (non-hydrogen) atoms. The van der Waals surface area contributed by atoms with Crippen LogP contribution in [0.15, 0.2) is 30.3 Å². The van der Waals surface area contributed by atoms with E-state index in [0.29, 0.717) is 0 Å². The van der Waals surface area contributed by atoms with Crippen LogP contribution in [0.3, 0.4) is 0 Å². The molecule has 1 aliphatic rings. The van der Waals surface area contributed by atoms with Crippen LogP contribution in [0.25, 0.3) is 16.5 Å². The molecule has 0 unspecified atom stereocenters. The molecule has 1 heterocycles. The smallest absolute Gasteiger partial charge is 0.0955 e. The molecule has 2 heteroatoms. The van der Waals surface area contributed by atoms with Crippen molar-refractivity contribution in [2.75, 3.05) is 0 Å². The van der Waals surface area contributed by atoms with E-state index in [1.54, 1.807) is 0 Å². The fourth-order valence-corrected chi connectivity index (χ4v) is 2.09. The Morgan fingerprint density at radius 1 is 1.21 bits per heavy atom. The highest BCUT2D eigenvalue weighted by molar-refractivity contribution is 5.90. The predicted molar refractivity (Wildman–Crippen MR) is 57.9 cm³/mol. The van der Waals surface area contributed by atoms with E-state index in [0.717, 1.165) is 11.2 Å². The zero-order valence-corrected chi connectivity index (χ0v) is 7.96. The molecule has 0 fully saturated rings. The van der Waals surface area contributed by atoms with E-state index in [1.807, 2.05) is 6.07 Å². The topological polar surface area (TPSA) is 28.7 Å². The van der Waals surface area contributed by atoms with E-state index >= 15 is 0 Å². The minimum Gasteiger partial charge on any atom is -0.277 e. The molecule has 2 nitrogen and oxygen atoms in total. The third-order valence-electron chi connectivity index (χ3n) is 2.82. The number of para-hydroxylation sites is 1. The monoisotopic (exact) mass is 184 g/mol. The average Bonchev–Trinajstić information content (AvgIpc) is 2.85. The molecule has 0 amide bonds. The summed E-state index contributed by atoms with van der Waals surface area (Å²) >= 11 is 0. The Labute approximate surface area is 82.6 Å². The number of nitrogens with zero attached hydrogens (tertiary/aromatic N) is 1. The van der Waals surface area contributed by atoms with Crippen molar-refractivity contribution in [2.45, 2.75) is 19.3 Å². The summed E-state index contributed by atoms with van der Waals surface area (Å²) in [4.78, 5) is 0. The minimum absolute atomic E-state index is 1.13. The molecule has 0 atom stereocenters. The number of hydrogen-bond donors (Lipinski definition) is 1. The van der Waals surface area contributed by atoms with E-state index in [2.05, 4.69) is 34.5 Å². The molecule has 1 N–H and O–H groups in total. The molecular formula is C12H12N2. The summed E-state index contributed by atoms with van der Waals surface area (Å²) in [5.74, 6) is 0. The van der Waals surface area contributed by atoms with Crippen LogP contribution in [0, 0.1) is 0 Å². The van der Waals surface area contributed by atoms with Gasteiger partial charge in [0.2, 0.25) is 0 Å². The number of benzene rings is 1. The molecule has 0 aliphatic heterocycles. The van der Waals surface area contributed by atoms with Gasteiger partial charge in [-0.1, -0.05) is 24.3 Å². The van der Waals surface area contributed by atoms with Gasteiger partial charge in [0.05, 0.1) is 11.2 Å². The zero-order valence-electron chi connectivity index (χ0n) is 7.96. The van der Waals surface area contributed by atoms with Gasteiger partial charge in [-0.15, -0.1) is 0 Å². The first-order valence-electron chi connectivity index (χ1n) is 5.08. The van der Waals surface area contributed by atoms with Gasteiger partial charge in [0.1, 0.15) is 0 Å². The number of hydrogen-bond acceptors (Lipinski definition) is 1. The van der Waals surface area contributed by atoms with E-state index in [9.17, 15) is 0 Å². The summed E-state index contributed by atoms with van der Waals surface area (Å²) in [6.45, 7) is 0. The number of fused-ring (bicyclic) bond motifs is 1. The van der Waals surface area contributed by atoms with Crippen LogP contribution in [0.1, 0.15) is 25.0 Å². The van der Waals surface area contributed by atoms with E-state index in [4.69, 9.17) is 0 Å². The van der Waals surface area contributed by atoms with Gasteiger partial charge in [-0.2, -0.15) is 5.10 Å². The highest BCUT2D eigenvalue weighted by Crippen LogP contribution is 2.30. The maximum Gasteiger partial charge on any atom is 0.0955 e. The van der Waals surface area contributed by atoms with Gasteiger partial charge in [0.15, 0.2) is 0 Å². The summed E-state index contributed by atoms with van der Waals surface area (Å²) in [7, 11) is 0. The van der Waals surface area contributed by atoms with Crippen molar-refractivity contribution >= 4 is 16.5 Å². The minimum atomic E-state index is 1.13. The Bertz CT molecular complexity index is 494. The van der Waals surface area contributed by atoms with E-state index < -0.39 is 0 Å². The maximum absolute atomic E-state index is 4.38. The summed E-state index contributed by atoms with van der Waals surface area (Å²) in [6.07, 6.45) is 5.96. The summed E-state index contributed by atoms with van der Waals surface area (Å²) in [5.41, 5.74) is 3.69.